The predicted molar refractivity (Wildman–Crippen MR) is 72.7 cm³/mol. The number of amides is 1. The number of nitrogens with two attached hydrogens (primary N) is 1. The lowest BCUT2D eigenvalue weighted by molar-refractivity contribution is 0.0710. The summed E-state index contributed by atoms with van der Waals surface area (Å²) in [5.41, 5.74) is 6.16. The maximum absolute atomic E-state index is 12.4. The highest BCUT2D eigenvalue weighted by atomic mass is 16.6. The van der Waals surface area contributed by atoms with Gasteiger partial charge in [0.2, 0.25) is 0 Å². The maximum Gasteiger partial charge on any atom is 0.254 e. The Morgan fingerprint density at radius 2 is 2.00 bits per heavy atom. The third kappa shape index (κ3) is 2.98. The Labute approximate surface area is 113 Å². The number of fused-ring (bicyclic) bond motifs is 1. The van der Waals surface area contributed by atoms with Crippen molar-refractivity contribution in [1.82, 2.24) is 4.90 Å². The monoisotopic (exact) mass is 264 g/mol. The van der Waals surface area contributed by atoms with Crippen molar-refractivity contribution in [3.05, 3.63) is 23.8 Å². The van der Waals surface area contributed by atoms with Gasteiger partial charge in [0, 0.05) is 24.7 Å². The van der Waals surface area contributed by atoms with E-state index in [0.29, 0.717) is 43.4 Å². The molecule has 0 spiro atoms. The van der Waals surface area contributed by atoms with Crippen molar-refractivity contribution in [2.24, 2.45) is 5.73 Å². The van der Waals surface area contributed by atoms with E-state index in [1.807, 2.05) is 13.8 Å². The van der Waals surface area contributed by atoms with Crippen LogP contribution in [0.4, 0.5) is 0 Å². The summed E-state index contributed by atoms with van der Waals surface area (Å²) in [6.45, 7) is 6.02. The van der Waals surface area contributed by atoms with E-state index in [0.717, 1.165) is 0 Å². The molecule has 1 aromatic rings. The van der Waals surface area contributed by atoms with Crippen molar-refractivity contribution in [1.29, 1.82) is 0 Å². The van der Waals surface area contributed by atoms with Gasteiger partial charge < -0.3 is 20.1 Å². The molecule has 1 aliphatic heterocycles. The largest absolute Gasteiger partial charge is 0.486 e. The molecule has 1 amide bonds. The van der Waals surface area contributed by atoms with Crippen LogP contribution >= 0.6 is 0 Å². The molecular formula is C14H20N2O3. The number of rotatable bonds is 4. The zero-order valence-corrected chi connectivity index (χ0v) is 11.4. The first-order chi connectivity index (χ1) is 9.13. The standard InChI is InChI=1S/C14H20N2O3/c1-10(2)16(6-5-15)14(17)11-3-4-12-13(9-11)19-8-7-18-12/h3-4,9-10H,5-8,15H2,1-2H3. The summed E-state index contributed by atoms with van der Waals surface area (Å²) in [6.07, 6.45) is 0. The van der Waals surface area contributed by atoms with Crippen LogP contribution in [0.25, 0.3) is 0 Å². The molecule has 1 aliphatic rings. The van der Waals surface area contributed by atoms with Gasteiger partial charge in [-0.15, -0.1) is 0 Å². The van der Waals surface area contributed by atoms with Crippen LogP contribution in [-0.2, 0) is 0 Å². The van der Waals surface area contributed by atoms with Crippen LogP contribution in [0.15, 0.2) is 18.2 Å². The lowest BCUT2D eigenvalue weighted by atomic mass is 10.1. The smallest absolute Gasteiger partial charge is 0.254 e. The van der Waals surface area contributed by atoms with E-state index in [1.54, 1.807) is 23.1 Å². The molecular weight excluding hydrogens is 244 g/mol. The highest BCUT2D eigenvalue weighted by Crippen LogP contribution is 2.31. The van der Waals surface area contributed by atoms with Gasteiger partial charge in [0.05, 0.1) is 0 Å². The zero-order valence-electron chi connectivity index (χ0n) is 11.4. The Bertz CT molecular complexity index is 460. The van der Waals surface area contributed by atoms with Crippen LogP contribution in [0.1, 0.15) is 24.2 Å². The van der Waals surface area contributed by atoms with Crippen molar-refractivity contribution in [3.8, 4) is 11.5 Å². The first-order valence-electron chi connectivity index (χ1n) is 6.54. The van der Waals surface area contributed by atoms with Gasteiger partial charge in [-0.25, -0.2) is 0 Å². The Morgan fingerprint density at radius 1 is 1.32 bits per heavy atom. The fraction of sp³-hybridized carbons (Fsp3) is 0.500. The molecule has 0 fully saturated rings. The van der Waals surface area contributed by atoms with Crippen LogP contribution in [0.5, 0.6) is 11.5 Å². The molecule has 5 nitrogen and oxygen atoms in total. The number of carbonyl (C=O) groups excluding carboxylic acids is 1. The number of benzene rings is 1. The number of hydrogen-bond donors (Lipinski definition) is 1. The third-order valence-corrected chi connectivity index (χ3v) is 3.04. The van der Waals surface area contributed by atoms with Crippen LogP contribution in [0.3, 0.4) is 0 Å². The minimum Gasteiger partial charge on any atom is -0.486 e. The molecule has 0 saturated carbocycles. The normalized spacial score (nSPS) is 13.5. The fourth-order valence-corrected chi connectivity index (χ4v) is 2.08. The van der Waals surface area contributed by atoms with E-state index in [4.69, 9.17) is 15.2 Å². The Morgan fingerprint density at radius 3 is 2.63 bits per heavy atom. The lowest BCUT2D eigenvalue weighted by Crippen LogP contribution is -2.40. The van der Waals surface area contributed by atoms with E-state index in [2.05, 4.69) is 0 Å². The molecule has 104 valence electrons. The van der Waals surface area contributed by atoms with Gasteiger partial charge in [-0.3, -0.25) is 4.79 Å². The van der Waals surface area contributed by atoms with Gasteiger partial charge in [0.25, 0.3) is 5.91 Å². The summed E-state index contributed by atoms with van der Waals surface area (Å²) in [5, 5.41) is 0. The summed E-state index contributed by atoms with van der Waals surface area (Å²) in [4.78, 5) is 14.2. The summed E-state index contributed by atoms with van der Waals surface area (Å²) in [5.74, 6) is 1.30. The topological polar surface area (TPSA) is 64.8 Å². The molecule has 2 rings (SSSR count). The van der Waals surface area contributed by atoms with Gasteiger partial charge in [0.15, 0.2) is 11.5 Å². The SMILES string of the molecule is CC(C)N(CCN)C(=O)c1ccc2c(c1)OCCO2. The molecule has 1 aromatic carbocycles. The van der Waals surface area contributed by atoms with Gasteiger partial charge in [-0.05, 0) is 32.0 Å². The molecule has 0 unspecified atom stereocenters. The molecule has 19 heavy (non-hydrogen) atoms. The first-order valence-corrected chi connectivity index (χ1v) is 6.54. The molecule has 0 bridgehead atoms. The van der Waals surface area contributed by atoms with Gasteiger partial charge in [0.1, 0.15) is 13.2 Å². The Hall–Kier alpha value is -1.75. The minimum absolute atomic E-state index is 0.0302. The van der Waals surface area contributed by atoms with Gasteiger partial charge in [-0.2, -0.15) is 0 Å². The zero-order chi connectivity index (χ0) is 13.8. The van der Waals surface area contributed by atoms with Crippen LogP contribution in [-0.4, -0.2) is 43.2 Å². The second-order valence-electron chi connectivity index (χ2n) is 4.74. The van der Waals surface area contributed by atoms with Crippen molar-refractivity contribution in [3.63, 3.8) is 0 Å². The second-order valence-corrected chi connectivity index (χ2v) is 4.74. The second kappa shape index (κ2) is 5.93. The highest BCUT2D eigenvalue weighted by Gasteiger charge is 2.20. The van der Waals surface area contributed by atoms with Crippen LogP contribution in [0.2, 0.25) is 0 Å². The number of hydrogen-bond acceptors (Lipinski definition) is 4. The van der Waals surface area contributed by atoms with E-state index >= 15 is 0 Å². The molecule has 2 N–H and O–H groups in total. The summed E-state index contributed by atoms with van der Waals surface area (Å²) < 4.78 is 10.9. The number of nitrogens with zero attached hydrogens (tertiary/aromatic N) is 1. The molecule has 0 aliphatic carbocycles. The summed E-state index contributed by atoms with van der Waals surface area (Å²) >= 11 is 0. The molecule has 0 saturated heterocycles. The van der Waals surface area contributed by atoms with E-state index in [9.17, 15) is 4.79 Å². The molecule has 5 heteroatoms. The van der Waals surface area contributed by atoms with Crippen molar-refractivity contribution in [2.45, 2.75) is 19.9 Å². The van der Waals surface area contributed by atoms with Crippen LogP contribution in [0, 0.1) is 0 Å². The molecule has 0 aromatic heterocycles. The Kier molecular flexibility index (Phi) is 4.27. The first kappa shape index (κ1) is 13.7. The molecule has 0 atom stereocenters. The minimum atomic E-state index is -0.0302. The van der Waals surface area contributed by atoms with E-state index in [1.165, 1.54) is 0 Å². The third-order valence-electron chi connectivity index (χ3n) is 3.04. The van der Waals surface area contributed by atoms with Crippen molar-refractivity contribution >= 4 is 5.91 Å². The lowest BCUT2D eigenvalue weighted by Gasteiger charge is -2.27. The quantitative estimate of drug-likeness (QED) is 0.889. The van der Waals surface area contributed by atoms with Crippen molar-refractivity contribution in [2.75, 3.05) is 26.3 Å². The molecule has 0 radical (unpaired) electrons. The maximum atomic E-state index is 12.4. The molecule has 1 heterocycles. The number of carbonyl (C=O) groups is 1. The van der Waals surface area contributed by atoms with E-state index < -0.39 is 0 Å². The van der Waals surface area contributed by atoms with Gasteiger partial charge in [-0.1, -0.05) is 0 Å². The Balaban J connectivity index is 2.22. The van der Waals surface area contributed by atoms with E-state index in [-0.39, 0.29) is 11.9 Å². The van der Waals surface area contributed by atoms with Crippen molar-refractivity contribution < 1.29 is 14.3 Å². The fourth-order valence-electron chi connectivity index (χ4n) is 2.08. The average Bonchev–Trinajstić information content (AvgIpc) is 2.43. The van der Waals surface area contributed by atoms with Crippen LogP contribution < -0.4 is 15.2 Å². The van der Waals surface area contributed by atoms with Gasteiger partial charge >= 0.3 is 0 Å². The summed E-state index contributed by atoms with van der Waals surface area (Å²) in [7, 11) is 0. The average molecular weight is 264 g/mol. The summed E-state index contributed by atoms with van der Waals surface area (Å²) in [6, 6.07) is 5.40. The predicted octanol–water partition coefficient (Wildman–Crippen LogP) is 1.27. The number of ether oxygens (including phenoxy) is 2. The highest BCUT2D eigenvalue weighted by molar-refractivity contribution is 5.95.